The Bertz CT molecular complexity index is 575. The average molecular weight is 343 g/mol. The zero-order chi connectivity index (χ0) is 17.5. The van der Waals surface area contributed by atoms with Crippen LogP contribution in [0.1, 0.15) is 32.1 Å². The molecule has 25 heavy (non-hydrogen) atoms. The number of rotatable bonds is 4. The minimum atomic E-state index is 0.0566. The van der Waals surface area contributed by atoms with Gasteiger partial charge in [0.25, 0.3) is 0 Å². The van der Waals surface area contributed by atoms with Crippen molar-refractivity contribution in [3.63, 3.8) is 0 Å². The average Bonchev–Trinajstić information content (AvgIpc) is 2.68. The van der Waals surface area contributed by atoms with E-state index in [0.717, 1.165) is 39.0 Å². The summed E-state index contributed by atoms with van der Waals surface area (Å²) in [6, 6.07) is 10.8. The highest BCUT2D eigenvalue weighted by atomic mass is 16.2. The van der Waals surface area contributed by atoms with Crippen LogP contribution in [0.3, 0.4) is 0 Å². The van der Waals surface area contributed by atoms with Crippen LogP contribution in [0.15, 0.2) is 35.3 Å². The lowest BCUT2D eigenvalue weighted by atomic mass is 9.96. The van der Waals surface area contributed by atoms with Gasteiger partial charge in [0.1, 0.15) is 6.54 Å². The van der Waals surface area contributed by atoms with Crippen molar-refractivity contribution in [2.24, 2.45) is 10.7 Å². The zero-order valence-electron chi connectivity index (χ0n) is 14.9. The molecule has 1 heterocycles. The molecule has 1 aliphatic heterocycles. The van der Waals surface area contributed by atoms with E-state index in [4.69, 9.17) is 5.73 Å². The minimum absolute atomic E-state index is 0.0566. The van der Waals surface area contributed by atoms with Crippen molar-refractivity contribution in [1.29, 1.82) is 0 Å². The number of amides is 1. The first-order valence-corrected chi connectivity index (χ1v) is 9.36. The highest BCUT2D eigenvalue weighted by Crippen LogP contribution is 2.17. The number of anilines is 1. The topological polar surface area (TPSA) is 74.0 Å². The van der Waals surface area contributed by atoms with E-state index in [-0.39, 0.29) is 12.5 Å². The Morgan fingerprint density at radius 2 is 1.76 bits per heavy atom. The van der Waals surface area contributed by atoms with Crippen LogP contribution in [-0.2, 0) is 4.79 Å². The Kier molecular flexibility index (Phi) is 6.14. The van der Waals surface area contributed by atoms with Crippen LogP contribution in [0, 0.1) is 0 Å². The summed E-state index contributed by atoms with van der Waals surface area (Å²) in [6.45, 7) is 3.32. The summed E-state index contributed by atoms with van der Waals surface area (Å²) in [5.74, 6) is 0.462. The molecule has 2 aliphatic rings. The van der Waals surface area contributed by atoms with Gasteiger partial charge in [0.15, 0.2) is 5.96 Å². The van der Waals surface area contributed by atoms with Crippen LogP contribution in [0.5, 0.6) is 0 Å². The molecule has 0 radical (unpaired) electrons. The number of hydrogen-bond donors (Lipinski definition) is 2. The molecule has 1 aromatic rings. The van der Waals surface area contributed by atoms with Gasteiger partial charge >= 0.3 is 0 Å². The molecule has 6 nitrogen and oxygen atoms in total. The van der Waals surface area contributed by atoms with Gasteiger partial charge in [0.05, 0.1) is 0 Å². The molecule has 3 N–H and O–H groups in total. The Hall–Kier alpha value is -2.24. The number of carbonyl (C=O) groups is 1. The van der Waals surface area contributed by atoms with E-state index in [1.54, 1.807) is 0 Å². The smallest absolute Gasteiger partial charge is 0.244 e. The predicted molar refractivity (Wildman–Crippen MR) is 102 cm³/mol. The van der Waals surface area contributed by atoms with Crippen LogP contribution in [0.2, 0.25) is 0 Å². The summed E-state index contributed by atoms with van der Waals surface area (Å²) in [5.41, 5.74) is 7.16. The van der Waals surface area contributed by atoms with Crippen molar-refractivity contribution in [3.8, 4) is 0 Å². The third-order valence-electron chi connectivity index (χ3n) is 5.10. The number of carbonyl (C=O) groups excluding carboxylic acids is 1. The fourth-order valence-corrected chi connectivity index (χ4v) is 3.61. The number of nitrogens with two attached hydrogens (primary N) is 1. The molecule has 0 bridgehead atoms. The Balaban J connectivity index is 1.42. The number of guanidine groups is 1. The van der Waals surface area contributed by atoms with Gasteiger partial charge in [-0.15, -0.1) is 0 Å². The number of nitrogens with zero attached hydrogens (tertiary/aromatic N) is 3. The standard InChI is InChI=1S/C19H29N5O/c20-19(22-16-7-3-1-4-8-16)21-15-18(25)24-13-11-23(12-14-24)17-9-5-2-6-10-17/h2,5-6,9-10,16H,1,3-4,7-8,11-15H2,(H3,20,21,22). The van der Waals surface area contributed by atoms with Crippen molar-refractivity contribution >= 4 is 17.6 Å². The van der Waals surface area contributed by atoms with Gasteiger partial charge in [-0.1, -0.05) is 37.5 Å². The lowest BCUT2D eigenvalue weighted by Gasteiger charge is -2.36. The summed E-state index contributed by atoms with van der Waals surface area (Å²) in [7, 11) is 0. The fourth-order valence-electron chi connectivity index (χ4n) is 3.61. The first-order valence-electron chi connectivity index (χ1n) is 9.36. The molecule has 6 heteroatoms. The highest BCUT2D eigenvalue weighted by molar-refractivity contribution is 5.84. The van der Waals surface area contributed by atoms with Gasteiger partial charge in [0, 0.05) is 37.9 Å². The van der Waals surface area contributed by atoms with Gasteiger partial charge in [0.2, 0.25) is 5.91 Å². The molecule has 0 atom stereocenters. The maximum absolute atomic E-state index is 12.4. The van der Waals surface area contributed by atoms with Crippen molar-refractivity contribution in [3.05, 3.63) is 30.3 Å². The van der Waals surface area contributed by atoms with Gasteiger partial charge in [-0.25, -0.2) is 4.99 Å². The molecule has 0 aromatic heterocycles. The molecule has 0 unspecified atom stereocenters. The second-order valence-electron chi connectivity index (χ2n) is 6.88. The van der Waals surface area contributed by atoms with Crippen molar-refractivity contribution in [2.75, 3.05) is 37.6 Å². The molecule has 1 saturated heterocycles. The third kappa shape index (κ3) is 5.11. The maximum atomic E-state index is 12.4. The Morgan fingerprint density at radius 1 is 1.08 bits per heavy atom. The summed E-state index contributed by atoms with van der Waals surface area (Å²) < 4.78 is 0. The molecule has 0 spiro atoms. The SMILES string of the molecule is NC(=NCC(=O)N1CCN(c2ccccc2)CC1)NC1CCCCC1. The molecule has 3 rings (SSSR count). The van der Waals surface area contributed by atoms with E-state index in [0.29, 0.717) is 12.0 Å². The molecule has 1 amide bonds. The molecule has 1 aromatic carbocycles. The van der Waals surface area contributed by atoms with E-state index < -0.39 is 0 Å². The van der Waals surface area contributed by atoms with Crippen molar-refractivity contribution in [1.82, 2.24) is 10.2 Å². The highest BCUT2D eigenvalue weighted by Gasteiger charge is 2.21. The van der Waals surface area contributed by atoms with E-state index in [1.165, 1.54) is 24.9 Å². The Morgan fingerprint density at radius 3 is 2.44 bits per heavy atom. The van der Waals surface area contributed by atoms with Gasteiger partial charge < -0.3 is 20.9 Å². The number of nitrogens with one attached hydrogen (secondary N) is 1. The van der Waals surface area contributed by atoms with Crippen LogP contribution < -0.4 is 16.0 Å². The number of aliphatic imine (C=N–C) groups is 1. The van der Waals surface area contributed by atoms with E-state index in [9.17, 15) is 4.79 Å². The van der Waals surface area contributed by atoms with Gasteiger partial charge in [-0.05, 0) is 25.0 Å². The molecular weight excluding hydrogens is 314 g/mol. The lowest BCUT2D eigenvalue weighted by Crippen LogP contribution is -2.49. The number of para-hydroxylation sites is 1. The van der Waals surface area contributed by atoms with Crippen LogP contribution in [-0.4, -0.2) is 55.5 Å². The minimum Gasteiger partial charge on any atom is -0.370 e. The van der Waals surface area contributed by atoms with Crippen LogP contribution >= 0.6 is 0 Å². The number of benzene rings is 1. The molecule has 2 fully saturated rings. The van der Waals surface area contributed by atoms with Crippen molar-refractivity contribution in [2.45, 2.75) is 38.1 Å². The zero-order valence-corrected chi connectivity index (χ0v) is 14.9. The van der Waals surface area contributed by atoms with Crippen molar-refractivity contribution < 1.29 is 4.79 Å². The summed E-state index contributed by atoms with van der Waals surface area (Å²) in [6.07, 6.45) is 6.09. The van der Waals surface area contributed by atoms with E-state index >= 15 is 0 Å². The fraction of sp³-hybridized carbons (Fsp3) is 0.579. The van der Waals surface area contributed by atoms with Crippen LogP contribution in [0.4, 0.5) is 5.69 Å². The number of piperazine rings is 1. The molecule has 1 aliphatic carbocycles. The molecular formula is C19H29N5O. The first-order chi connectivity index (χ1) is 12.2. The second-order valence-corrected chi connectivity index (χ2v) is 6.88. The maximum Gasteiger partial charge on any atom is 0.244 e. The first kappa shape index (κ1) is 17.6. The van der Waals surface area contributed by atoms with Crippen LogP contribution in [0.25, 0.3) is 0 Å². The summed E-state index contributed by atoms with van der Waals surface area (Å²) in [5, 5.41) is 3.25. The van der Waals surface area contributed by atoms with E-state index in [2.05, 4.69) is 27.3 Å². The third-order valence-corrected chi connectivity index (χ3v) is 5.10. The van der Waals surface area contributed by atoms with Gasteiger partial charge in [-0.2, -0.15) is 0 Å². The number of hydrogen-bond acceptors (Lipinski definition) is 3. The normalized spacial score (nSPS) is 19.8. The summed E-state index contributed by atoms with van der Waals surface area (Å²) >= 11 is 0. The summed E-state index contributed by atoms with van der Waals surface area (Å²) in [4.78, 5) is 20.8. The monoisotopic (exact) mass is 343 g/mol. The largest absolute Gasteiger partial charge is 0.370 e. The molecule has 1 saturated carbocycles. The van der Waals surface area contributed by atoms with Gasteiger partial charge in [-0.3, -0.25) is 4.79 Å². The second kappa shape index (κ2) is 8.74. The Labute approximate surface area is 150 Å². The quantitative estimate of drug-likeness (QED) is 0.643. The predicted octanol–water partition coefficient (Wildman–Crippen LogP) is 1.57. The van der Waals surface area contributed by atoms with E-state index in [1.807, 2.05) is 23.1 Å². The lowest BCUT2D eigenvalue weighted by molar-refractivity contribution is -0.129. The molecule has 136 valence electrons.